The molecule has 1 amide bonds. The Labute approximate surface area is 206 Å². The van der Waals surface area contributed by atoms with Crippen molar-refractivity contribution < 1.29 is 14.6 Å². The van der Waals surface area contributed by atoms with Crippen LogP contribution in [0.5, 0.6) is 11.5 Å². The first-order valence-corrected chi connectivity index (χ1v) is 11.5. The van der Waals surface area contributed by atoms with Gasteiger partial charge in [-0.1, -0.05) is 71.8 Å². The predicted molar refractivity (Wildman–Crippen MR) is 130 cm³/mol. The maximum atomic E-state index is 13.3. The van der Waals surface area contributed by atoms with Crippen LogP contribution in [0.3, 0.4) is 0 Å². The minimum Gasteiger partial charge on any atom is -0.502 e. The molecule has 2 bridgehead atoms. The van der Waals surface area contributed by atoms with Crippen molar-refractivity contribution in [2.45, 2.75) is 12.5 Å². The molecule has 1 atom stereocenters. The van der Waals surface area contributed by atoms with Gasteiger partial charge in [-0.05, 0) is 18.1 Å². The van der Waals surface area contributed by atoms with E-state index in [0.717, 1.165) is 11.1 Å². The van der Waals surface area contributed by atoms with Gasteiger partial charge in [0.1, 0.15) is 30.1 Å². The average molecular weight is 498 g/mol. The number of halogens is 2. The largest absolute Gasteiger partial charge is 0.502 e. The zero-order valence-corrected chi connectivity index (χ0v) is 19.5. The number of fused-ring (bicyclic) bond motifs is 5. The highest BCUT2D eigenvalue weighted by Crippen LogP contribution is 2.43. The Hall–Kier alpha value is -3.42. The molecule has 2 aromatic carbocycles. The van der Waals surface area contributed by atoms with Crippen LogP contribution in [-0.4, -0.2) is 40.4 Å². The third-order valence-electron chi connectivity index (χ3n) is 5.98. The van der Waals surface area contributed by atoms with Crippen molar-refractivity contribution in [1.29, 1.82) is 0 Å². The zero-order valence-electron chi connectivity index (χ0n) is 18.0. The molecule has 1 N–H and O–H groups in total. The number of amides is 1. The second-order valence-electron chi connectivity index (χ2n) is 8.04. The summed E-state index contributed by atoms with van der Waals surface area (Å²) in [5.41, 5.74) is 0.935. The Morgan fingerprint density at radius 1 is 1.00 bits per heavy atom. The van der Waals surface area contributed by atoms with Crippen LogP contribution >= 0.6 is 23.2 Å². The topological polar surface area (TPSA) is 75.0 Å². The summed E-state index contributed by atoms with van der Waals surface area (Å²) in [5, 5.41) is 13.2. The highest BCUT2D eigenvalue weighted by atomic mass is 35.5. The van der Waals surface area contributed by atoms with E-state index in [1.165, 1.54) is 12.3 Å². The first-order valence-electron chi connectivity index (χ1n) is 10.8. The van der Waals surface area contributed by atoms with Gasteiger partial charge in [0.05, 0.1) is 5.02 Å². The van der Waals surface area contributed by atoms with E-state index in [1.807, 2.05) is 53.6 Å². The van der Waals surface area contributed by atoms with Gasteiger partial charge in [0.15, 0.2) is 11.4 Å². The fraction of sp³-hybridized carbons (Fsp3) is 0.200. The van der Waals surface area contributed by atoms with E-state index in [4.69, 9.17) is 27.9 Å². The minimum absolute atomic E-state index is 0.0803. The Morgan fingerprint density at radius 3 is 2.59 bits per heavy atom. The molecular formula is C25H21Cl2N3O4. The first kappa shape index (κ1) is 22.4. The van der Waals surface area contributed by atoms with Crippen LogP contribution in [0, 0.1) is 0 Å². The van der Waals surface area contributed by atoms with Gasteiger partial charge in [-0.25, -0.2) is 0 Å². The number of carbonyl (C=O) groups excluding carboxylic acids is 1. The monoisotopic (exact) mass is 497 g/mol. The molecule has 174 valence electrons. The minimum atomic E-state index is -0.614. The molecule has 7 nitrogen and oxygen atoms in total. The van der Waals surface area contributed by atoms with Crippen LogP contribution in [0.1, 0.15) is 34.1 Å². The number of hydrogen-bond acceptors (Lipinski definition) is 5. The number of nitrogens with zero attached hydrogens (tertiary/aromatic N) is 3. The summed E-state index contributed by atoms with van der Waals surface area (Å²) in [6, 6.07) is 14.0. The molecule has 0 saturated heterocycles. The molecule has 5 rings (SSSR count). The Kier molecular flexibility index (Phi) is 5.98. The van der Waals surface area contributed by atoms with Gasteiger partial charge in [-0.2, -0.15) is 0 Å². The fourth-order valence-corrected chi connectivity index (χ4v) is 4.75. The summed E-state index contributed by atoms with van der Waals surface area (Å²) in [6.07, 6.45) is 5.86. The second-order valence-corrected chi connectivity index (χ2v) is 8.82. The van der Waals surface area contributed by atoms with E-state index >= 15 is 0 Å². The van der Waals surface area contributed by atoms with E-state index in [1.54, 1.807) is 15.6 Å². The summed E-state index contributed by atoms with van der Waals surface area (Å²) in [7, 11) is 0. The lowest BCUT2D eigenvalue weighted by atomic mass is 9.96. The highest BCUT2D eigenvalue weighted by Gasteiger charge is 2.37. The number of aromatic nitrogens is 1. The van der Waals surface area contributed by atoms with E-state index in [2.05, 4.69) is 0 Å². The molecule has 0 radical (unpaired) electrons. The average Bonchev–Trinajstić information content (AvgIpc) is 2.84. The Balaban J connectivity index is 1.81. The van der Waals surface area contributed by atoms with Gasteiger partial charge in [0, 0.05) is 24.4 Å². The Bertz CT molecular complexity index is 1340. The summed E-state index contributed by atoms with van der Waals surface area (Å²) in [4.78, 5) is 27.2. The lowest BCUT2D eigenvalue weighted by Gasteiger charge is -2.44. The molecule has 2 aliphatic heterocycles. The number of aromatic hydroxyl groups is 1. The second kappa shape index (κ2) is 9.08. The summed E-state index contributed by atoms with van der Waals surface area (Å²) < 4.78 is 7.64. The standard InChI is InChI=1S/C25H21Cl2N3O4/c26-18-10-9-17-21(16-7-3-1-4-8-16)30-15-28(12-5-2-6-14-34-24(17)20(18)27)25(33)22-23(32)19(31)11-13-29(22)30/h1-4,6-11,13,21,32H,5,12,14-15H2/b6-2+/t21-/m0/s1. The van der Waals surface area contributed by atoms with Crippen molar-refractivity contribution in [3.63, 3.8) is 0 Å². The van der Waals surface area contributed by atoms with Crippen LogP contribution in [-0.2, 0) is 0 Å². The number of ether oxygens (including phenoxy) is 1. The van der Waals surface area contributed by atoms with Gasteiger partial charge < -0.3 is 14.7 Å². The summed E-state index contributed by atoms with van der Waals surface area (Å²) in [5.74, 6) is -0.555. The lowest BCUT2D eigenvalue weighted by Crippen LogP contribution is -2.55. The molecule has 34 heavy (non-hydrogen) atoms. The van der Waals surface area contributed by atoms with Crippen LogP contribution in [0.2, 0.25) is 10.0 Å². The molecule has 1 aromatic heterocycles. The zero-order chi connectivity index (χ0) is 23.8. The number of carbonyl (C=O) groups is 1. The third kappa shape index (κ3) is 3.81. The maximum Gasteiger partial charge on any atom is 0.277 e. The number of pyridine rings is 1. The van der Waals surface area contributed by atoms with E-state index < -0.39 is 23.1 Å². The van der Waals surface area contributed by atoms with Gasteiger partial charge in [-0.3, -0.25) is 19.3 Å². The van der Waals surface area contributed by atoms with E-state index in [9.17, 15) is 14.7 Å². The van der Waals surface area contributed by atoms with Crippen LogP contribution in [0.4, 0.5) is 0 Å². The first-order chi connectivity index (χ1) is 16.5. The van der Waals surface area contributed by atoms with Gasteiger partial charge in [0.25, 0.3) is 5.91 Å². The van der Waals surface area contributed by atoms with Crippen molar-refractivity contribution in [2.24, 2.45) is 0 Å². The summed E-state index contributed by atoms with van der Waals surface area (Å²) in [6.45, 7) is 0.901. The fourth-order valence-electron chi connectivity index (χ4n) is 4.37. The quantitative estimate of drug-likeness (QED) is 0.506. The molecule has 2 aliphatic rings. The lowest BCUT2D eigenvalue weighted by molar-refractivity contribution is 0.0682. The SMILES string of the molecule is O=C1c2c(O)c(=O)ccn2N2CN1CC/C=C/COc1c(ccc(Cl)c1Cl)[C@@H]2c1ccccc1. The number of rotatable bonds is 1. The van der Waals surface area contributed by atoms with Crippen molar-refractivity contribution in [1.82, 2.24) is 9.58 Å². The molecule has 3 heterocycles. The molecule has 0 spiro atoms. The van der Waals surface area contributed by atoms with Crippen molar-refractivity contribution in [3.05, 3.63) is 104 Å². The van der Waals surface area contributed by atoms with E-state index in [-0.39, 0.29) is 19.0 Å². The van der Waals surface area contributed by atoms with Crippen molar-refractivity contribution in [3.8, 4) is 11.5 Å². The van der Waals surface area contributed by atoms with Crippen LogP contribution in [0.15, 0.2) is 71.7 Å². The van der Waals surface area contributed by atoms with Crippen LogP contribution in [0.25, 0.3) is 0 Å². The third-order valence-corrected chi connectivity index (χ3v) is 6.77. The number of benzene rings is 2. The molecule has 3 aromatic rings. The smallest absolute Gasteiger partial charge is 0.277 e. The highest BCUT2D eigenvalue weighted by molar-refractivity contribution is 6.43. The predicted octanol–water partition coefficient (Wildman–Crippen LogP) is 4.34. The molecular weight excluding hydrogens is 477 g/mol. The van der Waals surface area contributed by atoms with Crippen molar-refractivity contribution >= 4 is 29.1 Å². The molecule has 0 unspecified atom stereocenters. The van der Waals surface area contributed by atoms with Gasteiger partial charge >= 0.3 is 0 Å². The summed E-state index contributed by atoms with van der Waals surface area (Å²) >= 11 is 12.9. The van der Waals surface area contributed by atoms with Crippen molar-refractivity contribution in [2.75, 3.05) is 24.8 Å². The van der Waals surface area contributed by atoms with Crippen LogP contribution < -0.4 is 15.2 Å². The van der Waals surface area contributed by atoms with E-state index in [0.29, 0.717) is 28.8 Å². The number of hydrogen-bond donors (Lipinski definition) is 1. The van der Waals surface area contributed by atoms with Gasteiger partial charge in [0.2, 0.25) is 5.43 Å². The molecule has 9 heteroatoms. The van der Waals surface area contributed by atoms with Gasteiger partial charge in [-0.15, -0.1) is 0 Å². The maximum absolute atomic E-state index is 13.3. The molecule has 0 aliphatic carbocycles. The molecule has 0 fully saturated rings. The Morgan fingerprint density at radius 2 is 1.79 bits per heavy atom. The molecule has 0 saturated carbocycles. The normalized spacial score (nSPS) is 18.8.